The third kappa shape index (κ3) is 3.27. The zero-order valence-electron chi connectivity index (χ0n) is 20.1. The second kappa shape index (κ2) is 8.29. The molecule has 0 saturated heterocycles. The Hall–Kier alpha value is -3.96. The number of benzene rings is 1. The number of aromatic hydroxyl groups is 1. The number of carbonyl (C=O) groups is 6. The van der Waals surface area contributed by atoms with Gasteiger partial charge in [-0.1, -0.05) is 0 Å². The number of nitrogens with two attached hydrogens (primary N) is 1. The fourth-order valence-corrected chi connectivity index (χ4v) is 6.49. The zero-order valence-corrected chi connectivity index (χ0v) is 20.1. The lowest BCUT2D eigenvalue weighted by molar-refractivity contribution is -0.181. The van der Waals surface area contributed by atoms with E-state index in [4.69, 9.17) is 5.73 Å². The average molecular weight is 507 g/mol. The number of hydrogen-bond donors (Lipinski definition) is 4. The number of likely N-dealkylation sites (N-methyl/N-ethyl adjacent to an activating group) is 1. The fourth-order valence-electron chi connectivity index (χ4n) is 6.49. The first-order valence-electron chi connectivity index (χ1n) is 11.8. The zero-order chi connectivity index (χ0) is 27.0. The van der Waals surface area contributed by atoms with E-state index in [9.17, 15) is 39.0 Å². The van der Waals surface area contributed by atoms with Gasteiger partial charge in [-0.3, -0.25) is 33.7 Å². The summed E-state index contributed by atoms with van der Waals surface area (Å²) in [5.41, 5.74) is 4.29. The number of nitrogens with zero attached hydrogens (tertiary/aromatic N) is 1. The molecule has 11 nitrogen and oxygen atoms in total. The molecule has 5 N–H and O–H groups in total. The van der Waals surface area contributed by atoms with Gasteiger partial charge in [0.05, 0.1) is 23.2 Å². The largest absolute Gasteiger partial charge is 0.507 e. The summed E-state index contributed by atoms with van der Waals surface area (Å²) < 4.78 is 0. The van der Waals surface area contributed by atoms with Crippen LogP contribution in [0.3, 0.4) is 0 Å². The predicted octanol–water partition coefficient (Wildman–Crippen LogP) is -0.325. The number of rotatable bonds is 4. The van der Waals surface area contributed by atoms with Crippen molar-refractivity contribution in [1.82, 2.24) is 9.88 Å². The third-order valence-electron chi connectivity index (χ3n) is 8.07. The van der Waals surface area contributed by atoms with Crippen molar-refractivity contribution in [2.24, 2.45) is 29.4 Å². The minimum absolute atomic E-state index is 0.0384. The quantitative estimate of drug-likeness (QED) is 0.317. The van der Waals surface area contributed by atoms with E-state index in [0.29, 0.717) is 28.8 Å². The number of carbonyl (C=O) groups excluding carboxylic acids is 6. The fraction of sp³-hybridized carbons (Fsp3) is 0.385. The molecule has 0 radical (unpaired) electrons. The van der Waals surface area contributed by atoms with Crippen LogP contribution in [0.15, 0.2) is 24.3 Å². The highest BCUT2D eigenvalue weighted by molar-refractivity contribution is 6.32. The van der Waals surface area contributed by atoms with Gasteiger partial charge in [-0.05, 0) is 62.7 Å². The number of ketones is 4. The number of nitrogens with one attached hydrogen (secondary N) is 1. The molecular formula is C26H25N3O8. The molecule has 1 heterocycles. The lowest BCUT2D eigenvalue weighted by Crippen LogP contribution is -2.74. The molecule has 0 bridgehead atoms. The van der Waals surface area contributed by atoms with Gasteiger partial charge in [0, 0.05) is 17.2 Å². The number of hydrogen-bond acceptors (Lipinski definition) is 9. The molecule has 1 aromatic heterocycles. The molecule has 1 amide bonds. The van der Waals surface area contributed by atoms with Crippen molar-refractivity contribution in [2.75, 3.05) is 14.1 Å². The number of fused-ring (bicyclic) bond motifs is 3. The lowest BCUT2D eigenvalue weighted by Gasteiger charge is -2.52. The number of H-pyrrole nitrogens is 1. The summed E-state index contributed by atoms with van der Waals surface area (Å²) in [5.74, 6) is -10.9. The number of primary amides is 1. The highest BCUT2D eigenvalue weighted by atomic mass is 16.3. The number of aldehydes is 1. The molecular weight excluding hydrogens is 482 g/mol. The molecule has 2 fully saturated rings. The van der Waals surface area contributed by atoms with Gasteiger partial charge in [-0.2, -0.15) is 0 Å². The van der Waals surface area contributed by atoms with Crippen molar-refractivity contribution < 1.29 is 39.0 Å². The summed E-state index contributed by atoms with van der Waals surface area (Å²) in [5, 5.41) is 22.2. The minimum atomic E-state index is -2.76. The van der Waals surface area contributed by atoms with Crippen LogP contribution in [0.25, 0.3) is 11.3 Å². The summed E-state index contributed by atoms with van der Waals surface area (Å²) in [4.78, 5) is 81.5. The topological polar surface area (TPSA) is 188 Å². The SMILES string of the molecule is CN(C)[C@@H]1C(=O)C(C(N)=O)C(=O)[C@@]2(O)C(=O)C3C(=O)c4c(O)ccc(-c5ccc(C=O)[nH]5)c4C[C@H]3C[C@@H]12. The van der Waals surface area contributed by atoms with E-state index in [1.165, 1.54) is 25.1 Å². The smallest absolute Gasteiger partial charge is 0.235 e. The van der Waals surface area contributed by atoms with Crippen molar-refractivity contribution in [2.45, 2.75) is 24.5 Å². The molecule has 1 aromatic carbocycles. The first kappa shape index (κ1) is 24.7. The van der Waals surface area contributed by atoms with Crippen molar-refractivity contribution in [3.8, 4) is 17.0 Å². The molecule has 3 aliphatic rings. The average Bonchev–Trinajstić information content (AvgIpc) is 3.30. The minimum Gasteiger partial charge on any atom is -0.507 e. The summed E-state index contributed by atoms with van der Waals surface area (Å²) in [7, 11) is 3.06. The van der Waals surface area contributed by atoms with Gasteiger partial charge >= 0.3 is 0 Å². The third-order valence-corrected chi connectivity index (χ3v) is 8.07. The molecule has 0 aliphatic heterocycles. The van der Waals surface area contributed by atoms with Gasteiger partial charge in [0.25, 0.3) is 0 Å². The van der Waals surface area contributed by atoms with E-state index in [1.807, 2.05) is 0 Å². The Bertz CT molecular complexity index is 1410. The maximum atomic E-state index is 13.8. The highest BCUT2D eigenvalue weighted by Gasteiger charge is 2.69. The first-order valence-corrected chi connectivity index (χ1v) is 11.8. The van der Waals surface area contributed by atoms with Gasteiger partial charge in [0.1, 0.15) is 5.75 Å². The van der Waals surface area contributed by atoms with Gasteiger partial charge in [0.2, 0.25) is 5.91 Å². The molecule has 5 rings (SSSR count). The van der Waals surface area contributed by atoms with E-state index in [2.05, 4.69) is 4.98 Å². The Morgan fingerprint density at radius 1 is 1.14 bits per heavy atom. The van der Waals surface area contributed by atoms with Crippen LogP contribution < -0.4 is 5.73 Å². The van der Waals surface area contributed by atoms with Crippen LogP contribution in [0.4, 0.5) is 0 Å². The number of amides is 1. The maximum Gasteiger partial charge on any atom is 0.235 e. The molecule has 37 heavy (non-hydrogen) atoms. The number of aromatic amines is 1. The molecule has 3 aliphatic carbocycles. The summed E-state index contributed by atoms with van der Waals surface area (Å²) in [6.45, 7) is 0. The molecule has 2 saturated carbocycles. The molecule has 2 unspecified atom stereocenters. The van der Waals surface area contributed by atoms with Gasteiger partial charge in [-0.25, -0.2) is 0 Å². The predicted molar refractivity (Wildman–Crippen MR) is 127 cm³/mol. The lowest BCUT2D eigenvalue weighted by atomic mass is 9.52. The Kier molecular flexibility index (Phi) is 5.54. The standard InChI is InChI=1S/C26H25N3O8/c1-29(2)20-14-8-10-7-13-12(15-5-3-11(9-30)28-15)4-6-16(31)18(13)21(32)17(10)23(34)26(14,37)24(35)19(22(20)33)25(27)36/h3-6,9-10,14,17,19-20,28,31,37H,7-8H2,1-2H3,(H2,27,36)/t10-,14-,17?,19?,20-,26-/m0/s1. The number of aromatic nitrogens is 1. The normalized spacial score (nSPS) is 31.1. The van der Waals surface area contributed by atoms with Crippen molar-refractivity contribution in [3.63, 3.8) is 0 Å². The van der Waals surface area contributed by atoms with E-state index in [0.717, 1.165) is 0 Å². The monoisotopic (exact) mass is 507 g/mol. The van der Waals surface area contributed by atoms with Crippen LogP contribution >= 0.6 is 0 Å². The van der Waals surface area contributed by atoms with E-state index in [1.54, 1.807) is 18.2 Å². The summed E-state index contributed by atoms with van der Waals surface area (Å²) in [6, 6.07) is 4.95. The van der Waals surface area contributed by atoms with Crippen molar-refractivity contribution in [3.05, 3.63) is 41.1 Å². The molecule has 6 atom stereocenters. The molecule has 2 aromatic rings. The number of Topliss-reactive ketones (excluding diaryl/α,β-unsaturated/α-hetero) is 4. The Balaban J connectivity index is 1.66. The van der Waals surface area contributed by atoms with Gasteiger partial charge in [-0.15, -0.1) is 0 Å². The highest BCUT2D eigenvalue weighted by Crippen LogP contribution is 2.51. The Morgan fingerprint density at radius 2 is 1.84 bits per heavy atom. The van der Waals surface area contributed by atoms with Crippen LogP contribution in [-0.4, -0.2) is 81.2 Å². The van der Waals surface area contributed by atoms with Crippen LogP contribution in [0, 0.1) is 23.7 Å². The van der Waals surface area contributed by atoms with E-state index < -0.39 is 64.4 Å². The summed E-state index contributed by atoms with van der Waals surface area (Å²) in [6.07, 6.45) is 0.727. The number of phenols is 1. The molecule has 192 valence electrons. The van der Waals surface area contributed by atoms with E-state index >= 15 is 0 Å². The second-order valence-electron chi connectivity index (χ2n) is 10.2. The van der Waals surface area contributed by atoms with E-state index in [-0.39, 0.29) is 24.2 Å². The molecule has 11 heteroatoms. The Morgan fingerprint density at radius 3 is 2.43 bits per heavy atom. The number of aliphatic hydroxyl groups is 1. The van der Waals surface area contributed by atoms with Crippen LogP contribution in [0.1, 0.15) is 32.8 Å². The van der Waals surface area contributed by atoms with Crippen LogP contribution in [0.2, 0.25) is 0 Å². The first-order chi connectivity index (χ1) is 17.4. The second-order valence-corrected chi connectivity index (χ2v) is 10.2. The van der Waals surface area contributed by atoms with Gasteiger partial charge < -0.3 is 20.9 Å². The van der Waals surface area contributed by atoms with Crippen molar-refractivity contribution in [1.29, 1.82) is 0 Å². The Labute approximate surface area is 210 Å². The van der Waals surface area contributed by atoms with Crippen LogP contribution in [0.5, 0.6) is 5.75 Å². The van der Waals surface area contributed by atoms with Gasteiger partial charge in [0.15, 0.2) is 40.9 Å². The van der Waals surface area contributed by atoms with Crippen molar-refractivity contribution >= 4 is 35.3 Å². The molecule has 0 spiro atoms. The van der Waals surface area contributed by atoms with Crippen LogP contribution in [-0.2, 0) is 25.6 Å². The maximum absolute atomic E-state index is 13.8. The summed E-state index contributed by atoms with van der Waals surface area (Å²) >= 11 is 0. The number of phenolic OH excluding ortho intramolecular Hbond substituents is 1.